The summed E-state index contributed by atoms with van der Waals surface area (Å²) in [7, 11) is 1.99. The van der Waals surface area contributed by atoms with Crippen molar-refractivity contribution in [2.75, 3.05) is 12.8 Å². The minimum absolute atomic E-state index is 0.962. The van der Waals surface area contributed by atoms with Crippen LogP contribution in [0.25, 0.3) is 0 Å². The van der Waals surface area contributed by atoms with Gasteiger partial charge in [0.25, 0.3) is 0 Å². The van der Waals surface area contributed by atoms with E-state index in [2.05, 4.69) is 36.5 Å². The van der Waals surface area contributed by atoms with Crippen molar-refractivity contribution in [2.24, 2.45) is 0 Å². The lowest BCUT2D eigenvalue weighted by atomic mass is 10.2. The molecule has 0 bridgehead atoms. The fourth-order valence-corrected chi connectivity index (χ4v) is 2.49. The number of rotatable bonds is 7. The van der Waals surface area contributed by atoms with Crippen LogP contribution < -0.4 is 5.32 Å². The molecule has 0 aliphatic heterocycles. The largest absolute Gasteiger partial charge is 0.316 e. The van der Waals surface area contributed by atoms with Crippen LogP contribution >= 0.6 is 11.8 Å². The van der Waals surface area contributed by atoms with E-state index in [9.17, 15) is 0 Å². The van der Waals surface area contributed by atoms with E-state index in [1.807, 2.05) is 18.8 Å². The lowest BCUT2D eigenvalue weighted by Gasteiger charge is -2.04. The molecule has 1 aromatic rings. The summed E-state index contributed by atoms with van der Waals surface area (Å²) in [5, 5.41) is 3.18. The molecule has 2 heteroatoms. The molecule has 1 rings (SSSR count). The molecule has 0 radical (unpaired) electrons. The number of unbranched alkanes of at least 4 members (excludes halogenated alkanes) is 2. The first kappa shape index (κ1) is 12.6. The molecule has 0 aromatic heterocycles. The highest BCUT2D eigenvalue weighted by molar-refractivity contribution is 7.99. The van der Waals surface area contributed by atoms with Crippen LogP contribution in [0.4, 0.5) is 0 Å². The van der Waals surface area contributed by atoms with Crippen molar-refractivity contribution in [2.45, 2.75) is 37.6 Å². The topological polar surface area (TPSA) is 12.0 Å². The van der Waals surface area contributed by atoms with E-state index in [0.29, 0.717) is 0 Å². The smallest absolute Gasteiger partial charge is 0.0202 e. The molecule has 0 unspecified atom stereocenters. The van der Waals surface area contributed by atoms with Crippen LogP contribution in [0.15, 0.2) is 29.2 Å². The van der Waals surface area contributed by atoms with Gasteiger partial charge in [0, 0.05) is 11.4 Å². The summed E-state index contributed by atoms with van der Waals surface area (Å²) in [5.41, 5.74) is 1.37. The predicted octanol–water partition coefficient (Wildman–Crippen LogP) is 3.69. The number of hydrogen-bond donors (Lipinski definition) is 1. The second-order valence-electron chi connectivity index (χ2n) is 3.73. The van der Waals surface area contributed by atoms with Gasteiger partial charge in [0.15, 0.2) is 0 Å². The molecular formula is C13H21NS. The first-order valence-corrected chi connectivity index (χ1v) is 6.71. The minimum Gasteiger partial charge on any atom is -0.316 e. The molecule has 0 spiro atoms. The first-order valence-electron chi connectivity index (χ1n) is 5.73. The molecule has 0 fully saturated rings. The lowest BCUT2D eigenvalue weighted by molar-refractivity contribution is 0.778. The molecule has 0 aliphatic rings. The summed E-state index contributed by atoms with van der Waals surface area (Å²) < 4.78 is 0. The maximum Gasteiger partial charge on any atom is 0.0202 e. The number of nitrogens with one attached hydrogen (secondary N) is 1. The maximum absolute atomic E-state index is 3.18. The molecule has 0 amide bonds. The Morgan fingerprint density at radius 1 is 1.27 bits per heavy atom. The van der Waals surface area contributed by atoms with Gasteiger partial charge in [0.2, 0.25) is 0 Å². The van der Waals surface area contributed by atoms with Crippen molar-refractivity contribution in [3.8, 4) is 0 Å². The fraction of sp³-hybridized carbons (Fsp3) is 0.538. The van der Waals surface area contributed by atoms with Gasteiger partial charge in [0.05, 0.1) is 0 Å². The number of hydrogen-bond acceptors (Lipinski definition) is 2. The first-order chi connectivity index (χ1) is 7.36. The zero-order chi connectivity index (χ0) is 10.9. The van der Waals surface area contributed by atoms with Gasteiger partial charge in [-0.2, -0.15) is 0 Å². The molecule has 0 saturated carbocycles. The molecule has 1 N–H and O–H groups in total. The highest BCUT2D eigenvalue weighted by atomic mass is 32.2. The Labute approximate surface area is 97.7 Å². The van der Waals surface area contributed by atoms with E-state index < -0.39 is 0 Å². The van der Waals surface area contributed by atoms with Crippen LogP contribution in [0.3, 0.4) is 0 Å². The van der Waals surface area contributed by atoms with Crippen LogP contribution in [0, 0.1) is 0 Å². The van der Waals surface area contributed by atoms with Crippen molar-refractivity contribution in [1.29, 1.82) is 0 Å². The molecular weight excluding hydrogens is 202 g/mol. The van der Waals surface area contributed by atoms with Crippen molar-refractivity contribution < 1.29 is 0 Å². The Hall–Kier alpha value is -0.470. The molecule has 0 saturated heterocycles. The average Bonchev–Trinajstić information content (AvgIpc) is 2.26. The zero-order valence-electron chi connectivity index (χ0n) is 9.75. The van der Waals surface area contributed by atoms with Gasteiger partial charge in [-0.3, -0.25) is 0 Å². The van der Waals surface area contributed by atoms with Gasteiger partial charge in [-0.05, 0) is 36.9 Å². The van der Waals surface area contributed by atoms with Gasteiger partial charge < -0.3 is 5.32 Å². The quantitative estimate of drug-likeness (QED) is 0.559. The predicted molar refractivity (Wildman–Crippen MR) is 69.5 cm³/mol. The highest BCUT2D eigenvalue weighted by Crippen LogP contribution is 2.20. The minimum atomic E-state index is 0.962. The highest BCUT2D eigenvalue weighted by Gasteiger charge is 1.96. The normalized spacial score (nSPS) is 10.5. The van der Waals surface area contributed by atoms with Gasteiger partial charge in [0.1, 0.15) is 0 Å². The number of benzene rings is 1. The molecule has 1 aromatic carbocycles. The third-order valence-corrected chi connectivity index (χ3v) is 3.38. The van der Waals surface area contributed by atoms with Crippen LogP contribution in [-0.4, -0.2) is 12.8 Å². The summed E-state index contributed by atoms with van der Waals surface area (Å²) in [5.74, 6) is 1.25. The van der Waals surface area contributed by atoms with Crippen molar-refractivity contribution in [3.63, 3.8) is 0 Å². The Morgan fingerprint density at radius 3 is 2.87 bits per heavy atom. The summed E-state index contributed by atoms with van der Waals surface area (Å²) in [6, 6.07) is 8.81. The third kappa shape index (κ3) is 5.24. The maximum atomic E-state index is 3.18. The fourth-order valence-electron chi connectivity index (χ4n) is 1.49. The van der Waals surface area contributed by atoms with Crippen LogP contribution in [0.1, 0.15) is 31.7 Å². The van der Waals surface area contributed by atoms with Gasteiger partial charge in [-0.15, -0.1) is 11.8 Å². The van der Waals surface area contributed by atoms with Crippen LogP contribution in [0.2, 0.25) is 0 Å². The molecule has 1 nitrogen and oxygen atoms in total. The van der Waals surface area contributed by atoms with E-state index in [1.165, 1.54) is 35.5 Å². The Morgan fingerprint density at radius 2 is 2.13 bits per heavy atom. The molecule has 0 aliphatic carbocycles. The summed E-state index contributed by atoms with van der Waals surface area (Å²) >= 11 is 1.97. The van der Waals surface area contributed by atoms with E-state index >= 15 is 0 Å². The molecule has 15 heavy (non-hydrogen) atoms. The van der Waals surface area contributed by atoms with E-state index in [-0.39, 0.29) is 0 Å². The molecule has 0 atom stereocenters. The number of thioether (sulfide) groups is 1. The molecule has 84 valence electrons. The summed E-state index contributed by atoms with van der Waals surface area (Å²) in [6.45, 7) is 3.21. The van der Waals surface area contributed by atoms with Crippen molar-refractivity contribution >= 4 is 11.8 Å². The Kier molecular flexibility index (Phi) is 6.53. The zero-order valence-corrected chi connectivity index (χ0v) is 10.6. The van der Waals surface area contributed by atoms with Crippen LogP contribution in [0.5, 0.6) is 0 Å². The summed E-state index contributed by atoms with van der Waals surface area (Å²) in [6.07, 6.45) is 3.99. The average molecular weight is 223 g/mol. The lowest BCUT2D eigenvalue weighted by Crippen LogP contribution is -2.04. The second-order valence-corrected chi connectivity index (χ2v) is 4.90. The van der Waals surface area contributed by atoms with E-state index in [1.54, 1.807) is 0 Å². The van der Waals surface area contributed by atoms with Crippen molar-refractivity contribution in [3.05, 3.63) is 29.8 Å². The monoisotopic (exact) mass is 223 g/mol. The van der Waals surface area contributed by atoms with Crippen molar-refractivity contribution in [1.82, 2.24) is 5.32 Å². The Balaban J connectivity index is 2.36. The second kappa shape index (κ2) is 7.77. The molecule has 0 heterocycles. The van der Waals surface area contributed by atoms with E-state index in [0.717, 1.165) is 6.54 Å². The van der Waals surface area contributed by atoms with Gasteiger partial charge >= 0.3 is 0 Å². The SMILES string of the molecule is CCCCCSc1cccc(CNC)c1. The Bertz CT molecular complexity index is 273. The van der Waals surface area contributed by atoms with Crippen LogP contribution in [-0.2, 0) is 6.54 Å². The summed E-state index contributed by atoms with van der Waals surface area (Å²) in [4.78, 5) is 1.40. The van der Waals surface area contributed by atoms with Gasteiger partial charge in [-0.1, -0.05) is 31.9 Å². The third-order valence-electron chi connectivity index (χ3n) is 2.30. The standard InChI is InChI=1S/C13H21NS/c1-3-4-5-9-15-13-8-6-7-12(10-13)11-14-2/h6-8,10,14H,3-5,9,11H2,1-2H3. The van der Waals surface area contributed by atoms with E-state index in [4.69, 9.17) is 0 Å². The van der Waals surface area contributed by atoms with Gasteiger partial charge in [-0.25, -0.2) is 0 Å².